The summed E-state index contributed by atoms with van der Waals surface area (Å²) in [5.41, 5.74) is 2.48. The molecule has 27 heavy (non-hydrogen) atoms. The van der Waals surface area contributed by atoms with Crippen molar-refractivity contribution in [2.24, 2.45) is 5.16 Å². The van der Waals surface area contributed by atoms with Gasteiger partial charge in [-0.25, -0.2) is 4.39 Å². The van der Waals surface area contributed by atoms with Crippen molar-refractivity contribution in [3.05, 3.63) is 94.8 Å². The van der Waals surface area contributed by atoms with Gasteiger partial charge in [0, 0.05) is 16.8 Å². The highest BCUT2D eigenvalue weighted by Crippen LogP contribution is 2.35. The number of fused-ring (bicyclic) bond motifs is 1. The van der Waals surface area contributed by atoms with E-state index < -0.39 is 5.82 Å². The third-order valence-electron chi connectivity index (χ3n) is 4.25. The van der Waals surface area contributed by atoms with Gasteiger partial charge in [-0.3, -0.25) is 9.69 Å². The van der Waals surface area contributed by atoms with Crippen LogP contribution in [0.15, 0.2) is 78.0 Å². The van der Waals surface area contributed by atoms with Crippen molar-refractivity contribution >= 4 is 34.6 Å². The lowest BCUT2D eigenvalue weighted by Crippen LogP contribution is -2.25. The molecule has 4 rings (SSSR count). The van der Waals surface area contributed by atoms with Gasteiger partial charge < -0.3 is 4.84 Å². The Labute approximate surface area is 160 Å². The molecule has 1 amide bonds. The normalized spacial score (nSPS) is 14.5. The van der Waals surface area contributed by atoms with E-state index in [1.807, 2.05) is 48.5 Å². The summed E-state index contributed by atoms with van der Waals surface area (Å²) < 4.78 is 13.9. The van der Waals surface area contributed by atoms with Crippen LogP contribution in [0.1, 0.15) is 11.1 Å². The molecule has 3 aromatic rings. The smallest absolute Gasteiger partial charge is 0.285 e. The van der Waals surface area contributed by atoms with Crippen molar-refractivity contribution in [2.75, 3.05) is 4.90 Å². The first-order valence-corrected chi connectivity index (χ1v) is 8.66. The van der Waals surface area contributed by atoms with Crippen molar-refractivity contribution in [1.29, 1.82) is 0 Å². The van der Waals surface area contributed by atoms with Gasteiger partial charge in [0.15, 0.2) is 5.71 Å². The van der Waals surface area contributed by atoms with Crippen LogP contribution < -0.4 is 4.90 Å². The van der Waals surface area contributed by atoms with E-state index in [0.717, 1.165) is 11.4 Å². The summed E-state index contributed by atoms with van der Waals surface area (Å²) in [7, 11) is 0. The van der Waals surface area contributed by atoms with Crippen LogP contribution in [0.3, 0.4) is 0 Å². The Bertz CT molecular complexity index is 1020. The molecule has 134 valence electrons. The summed E-state index contributed by atoms with van der Waals surface area (Å²) in [5.74, 6) is -0.784. The summed E-state index contributed by atoms with van der Waals surface area (Å²) in [4.78, 5) is 19.8. The molecular weight excluding hydrogens is 367 g/mol. The van der Waals surface area contributed by atoms with Crippen LogP contribution in [-0.4, -0.2) is 11.6 Å². The van der Waals surface area contributed by atoms with Crippen molar-refractivity contribution in [3.63, 3.8) is 0 Å². The molecule has 1 aliphatic heterocycles. The standard InChI is InChI=1S/C21H14ClFN2O2/c22-17-10-6-11-18(23)16(17)13-27-24-20-15-9-4-5-12-19(15)25(21(20)26)14-7-2-1-3-8-14/h1-12H,13H2/b24-20+. The molecule has 0 atom stereocenters. The molecule has 0 bridgehead atoms. The van der Waals surface area contributed by atoms with Crippen LogP contribution in [-0.2, 0) is 16.2 Å². The van der Waals surface area contributed by atoms with Gasteiger partial charge in [0.25, 0.3) is 5.91 Å². The van der Waals surface area contributed by atoms with E-state index >= 15 is 0 Å². The van der Waals surface area contributed by atoms with Gasteiger partial charge in [0.05, 0.1) is 10.7 Å². The number of carbonyl (C=O) groups is 1. The molecule has 0 aromatic heterocycles. The van der Waals surface area contributed by atoms with E-state index in [4.69, 9.17) is 16.4 Å². The van der Waals surface area contributed by atoms with Gasteiger partial charge in [-0.15, -0.1) is 0 Å². The molecule has 0 spiro atoms. The third kappa shape index (κ3) is 3.17. The predicted molar refractivity (Wildman–Crippen MR) is 103 cm³/mol. The quantitative estimate of drug-likeness (QED) is 0.592. The van der Waals surface area contributed by atoms with Crippen LogP contribution in [0.5, 0.6) is 0 Å². The second kappa shape index (κ2) is 7.21. The topological polar surface area (TPSA) is 41.9 Å². The summed E-state index contributed by atoms with van der Waals surface area (Å²) in [6.45, 7) is -0.171. The summed E-state index contributed by atoms with van der Waals surface area (Å²) in [5, 5.41) is 4.25. The lowest BCUT2D eigenvalue weighted by molar-refractivity contribution is -0.111. The Morgan fingerprint density at radius 3 is 2.48 bits per heavy atom. The zero-order chi connectivity index (χ0) is 18.8. The Hall–Kier alpha value is -3.18. The van der Waals surface area contributed by atoms with Gasteiger partial charge in [0.2, 0.25) is 0 Å². The average molecular weight is 381 g/mol. The van der Waals surface area contributed by atoms with E-state index in [1.54, 1.807) is 17.0 Å². The molecule has 0 radical (unpaired) electrons. The second-order valence-electron chi connectivity index (χ2n) is 5.91. The van der Waals surface area contributed by atoms with Gasteiger partial charge in [-0.1, -0.05) is 59.2 Å². The van der Waals surface area contributed by atoms with E-state index in [-0.39, 0.29) is 28.8 Å². The third-order valence-corrected chi connectivity index (χ3v) is 4.60. The fourth-order valence-corrected chi connectivity index (χ4v) is 3.17. The number of carbonyl (C=O) groups excluding carboxylic acids is 1. The molecular formula is C21H14ClFN2O2. The van der Waals surface area contributed by atoms with Gasteiger partial charge in [-0.2, -0.15) is 0 Å². The molecule has 0 N–H and O–H groups in total. The first-order valence-electron chi connectivity index (χ1n) is 8.28. The molecule has 0 saturated heterocycles. The summed E-state index contributed by atoms with van der Waals surface area (Å²) in [6.07, 6.45) is 0. The highest BCUT2D eigenvalue weighted by Gasteiger charge is 2.35. The molecule has 3 aromatic carbocycles. The second-order valence-corrected chi connectivity index (χ2v) is 6.31. The zero-order valence-corrected chi connectivity index (χ0v) is 14.9. The SMILES string of the molecule is O=C1/C(=N/OCc2c(F)cccc2Cl)c2ccccc2N1c1ccccc1. The van der Waals surface area contributed by atoms with Crippen molar-refractivity contribution in [2.45, 2.75) is 6.61 Å². The number of nitrogens with zero attached hydrogens (tertiary/aromatic N) is 2. The number of benzene rings is 3. The number of para-hydroxylation sites is 2. The number of halogens is 2. The van der Waals surface area contributed by atoms with E-state index in [9.17, 15) is 9.18 Å². The predicted octanol–water partition coefficient (Wildman–Crippen LogP) is 5.08. The number of anilines is 2. The molecule has 0 fully saturated rings. The maximum atomic E-state index is 13.9. The maximum absolute atomic E-state index is 13.9. The number of amides is 1. The van der Waals surface area contributed by atoms with E-state index in [1.165, 1.54) is 12.1 Å². The minimum atomic E-state index is -0.480. The molecule has 0 aliphatic carbocycles. The first-order chi connectivity index (χ1) is 13.2. The summed E-state index contributed by atoms with van der Waals surface area (Å²) >= 11 is 5.99. The Morgan fingerprint density at radius 2 is 1.70 bits per heavy atom. The van der Waals surface area contributed by atoms with Crippen molar-refractivity contribution < 1.29 is 14.0 Å². The van der Waals surface area contributed by atoms with Crippen LogP contribution in [0.2, 0.25) is 5.02 Å². The first kappa shape index (κ1) is 17.2. The minimum absolute atomic E-state index is 0.168. The van der Waals surface area contributed by atoms with Crippen molar-refractivity contribution in [1.82, 2.24) is 0 Å². The van der Waals surface area contributed by atoms with Crippen LogP contribution in [0.4, 0.5) is 15.8 Å². The van der Waals surface area contributed by atoms with E-state index in [0.29, 0.717) is 5.56 Å². The van der Waals surface area contributed by atoms with Crippen LogP contribution in [0.25, 0.3) is 0 Å². The average Bonchev–Trinajstić information content (AvgIpc) is 2.96. The Balaban J connectivity index is 1.65. The number of oxime groups is 1. The van der Waals surface area contributed by atoms with Gasteiger partial charge >= 0.3 is 0 Å². The monoisotopic (exact) mass is 380 g/mol. The lowest BCUT2D eigenvalue weighted by atomic mass is 10.1. The molecule has 1 heterocycles. The fourth-order valence-electron chi connectivity index (χ4n) is 2.95. The highest BCUT2D eigenvalue weighted by molar-refractivity contribution is 6.55. The molecule has 6 heteroatoms. The number of hydrogen-bond donors (Lipinski definition) is 0. The van der Waals surface area contributed by atoms with Gasteiger partial charge in [-0.05, 0) is 30.3 Å². The molecule has 0 saturated carbocycles. The van der Waals surface area contributed by atoms with Gasteiger partial charge in [0.1, 0.15) is 12.4 Å². The largest absolute Gasteiger partial charge is 0.390 e. The van der Waals surface area contributed by atoms with Crippen molar-refractivity contribution in [3.8, 4) is 0 Å². The molecule has 4 nitrogen and oxygen atoms in total. The number of rotatable bonds is 4. The summed E-state index contributed by atoms with van der Waals surface area (Å²) in [6, 6.07) is 21.0. The minimum Gasteiger partial charge on any atom is -0.390 e. The zero-order valence-electron chi connectivity index (χ0n) is 14.1. The fraction of sp³-hybridized carbons (Fsp3) is 0.0476. The Kier molecular flexibility index (Phi) is 4.60. The lowest BCUT2D eigenvalue weighted by Gasteiger charge is -2.16. The van der Waals surface area contributed by atoms with E-state index in [2.05, 4.69) is 5.16 Å². The highest BCUT2D eigenvalue weighted by atomic mass is 35.5. The number of hydrogen-bond acceptors (Lipinski definition) is 3. The maximum Gasteiger partial charge on any atom is 0.285 e. The van der Waals surface area contributed by atoms with Crippen LogP contribution in [0, 0.1) is 5.82 Å². The molecule has 0 unspecified atom stereocenters. The Morgan fingerprint density at radius 1 is 0.963 bits per heavy atom. The molecule has 1 aliphatic rings. The van der Waals surface area contributed by atoms with Crippen LogP contribution >= 0.6 is 11.6 Å².